The first-order valence-electron chi connectivity index (χ1n) is 8.46. The summed E-state index contributed by atoms with van der Waals surface area (Å²) in [6.45, 7) is 1.91. The third-order valence-corrected chi connectivity index (χ3v) is 6.16. The smallest absolute Gasteiger partial charge is 0.378 e. The van der Waals surface area contributed by atoms with E-state index in [1.165, 1.54) is 11.0 Å². The van der Waals surface area contributed by atoms with Crippen molar-refractivity contribution in [3.8, 4) is 0 Å². The Hall–Kier alpha value is -2.01. The fraction of sp³-hybridized carbons (Fsp3) is 0.562. The lowest BCUT2D eigenvalue weighted by Crippen LogP contribution is -2.46. The van der Waals surface area contributed by atoms with E-state index in [1.54, 1.807) is 0 Å². The lowest BCUT2D eigenvalue weighted by molar-refractivity contribution is -0.137. The average molecular weight is 407 g/mol. The van der Waals surface area contributed by atoms with Crippen LogP contribution in [0.15, 0.2) is 18.2 Å². The number of nitrogens with one attached hydrogen (secondary N) is 1. The molecule has 27 heavy (non-hydrogen) atoms. The summed E-state index contributed by atoms with van der Waals surface area (Å²) in [5.74, 6) is -0.307. The first-order valence-corrected chi connectivity index (χ1v) is 10.3. The fourth-order valence-electron chi connectivity index (χ4n) is 3.00. The van der Waals surface area contributed by atoms with Crippen LogP contribution in [0.5, 0.6) is 0 Å². The number of morpholine rings is 1. The third-order valence-electron chi connectivity index (χ3n) is 4.55. The number of urea groups is 1. The van der Waals surface area contributed by atoms with Gasteiger partial charge in [-0.2, -0.15) is 13.2 Å². The van der Waals surface area contributed by atoms with Crippen LogP contribution < -0.4 is 10.2 Å². The van der Waals surface area contributed by atoms with Crippen LogP contribution in [0.1, 0.15) is 5.56 Å². The molecule has 0 bridgehead atoms. The number of hydrogen-bond acceptors (Lipinski definition) is 5. The number of hydrogen-bond donors (Lipinski definition) is 1. The normalized spacial score (nSPS) is 20.4. The molecule has 2 heterocycles. The number of rotatable bonds is 2. The molecular weight excluding hydrogens is 387 g/mol. The van der Waals surface area contributed by atoms with Crippen molar-refractivity contribution in [2.45, 2.75) is 6.18 Å². The molecule has 2 aliphatic rings. The highest BCUT2D eigenvalue weighted by atomic mass is 32.2. The van der Waals surface area contributed by atoms with Gasteiger partial charge in [0.1, 0.15) is 0 Å². The van der Waals surface area contributed by atoms with Gasteiger partial charge < -0.3 is 19.9 Å². The Balaban J connectivity index is 1.83. The van der Waals surface area contributed by atoms with E-state index in [1.807, 2.05) is 4.90 Å². The van der Waals surface area contributed by atoms with Gasteiger partial charge >= 0.3 is 12.2 Å². The van der Waals surface area contributed by atoms with Gasteiger partial charge in [0.25, 0.3) is 0 Å². The number of benzene rings is 1. The van der Waals surface area contributed by atoms with Crippen molar-refractivity contribution in [2.75, 3.05) is 61.1 Å². The lowest BCUT2D eigenvalue weighted by Gasteiger charge is -2.32. The Kier molecular flexibility index (Phi) is 5.52. The van der Waals surface area contributed by atoms with Crippen molar-refractivity contribution in [3.05, 3.63) is 23.8 Å². The van der Waals surface area contributed by atoms with E-state index in [9.17, 15) is 26.4 Å². The van der Waals surface area contributed by atoms with Crippen molar-refractivity contribution in [2.24, 2.45) is 0 Å². The Labute approximate surface area is 155 Å². The molecule has 2 saturated heterocycles. The molecule has 2 fully saturated rings. The summed E-state index contributed by atoms with van der Waals surface area (Å²) in [7, 11) is -3.17. The van der Waals surface area contributed by atoms with Gasteiger partial charge in [0.15, 0.2) is 9.84 Å². The van der Waals surface area contributed by atoms with Gasteiger partial charge in [-0.3, -0.25) is 0 Å². The predicted molar refractivity (Wildman–Crippen MR) is 93.7 cm³/mol. The standard InChI is InChI=1S/C16H20F3N3O4S/c17-16(18,19)12-1-2-14(21-3-7-26-8-4-21)13(11-12)20-15(23)22-5-9-27(24,25)10-6-22/h1-2,11H,3-10H2,(H,20,23). The van der Waals surface area contributed by atoms with Gasteiger partial charge in [-0.25, -0.2) is 13.2 Å². The number of alkyl halides is 3. The number of anilines is 2. The second kappa shape index (κ2) is 7.55. The van der Waals surface area contributed by atoms with E-state index in [0.29, 0.717) is 32.0 Å². The second-order valence-electron chi connectivity index (χ2n) is 6.40. The predicted octanol–water partition coefficient (Wildman–Crippen LogP) is 1.80. The monoisotopic (exact) mass is 407 g/mol. The molecule has 2 aliphatic heterocycles. The first-order chi connectivity index (χ1) is 12.7. The number of carbonyl (C=O) groups excluding carboxylic acids is 1. The topological polar surface area (TPSA) is 79.0 Å². The third kappa shape index (κ3) is 4.83. The Morgan fingerprint density at radius 3 is 2.30 bits per heavy atom. The van der Waals surface area contributed by atoms with Crippen LogP contribution in [0.3, 0.4) is 0 Å². The molecule has 1 aromatic rings. The Bertz CT molecular complexity index is 794. The van der Waals surface area contributed by atoms with Crippen molar-refractivity contribution in [3.63, 3.8) is 0 Å². The van der Waals surface area contributed by atoms with Gasteiger partial charge in [-0.15, -0.1) is 0 Å². The molecule has 150 valence electrons. The summed E-state index contributed by atoms with van der Waals surface area (Å²) in [5, 5.41) is 2.53. The largest absolute Gasteiger partial charge is 0.416 e. The number of ether oxygens (including phenoxy) is 1. The van der Waals surface area contributed by atoms with Gasteiger partial charge in [-0.1, -0.05) is 0 Å². The van der Waals surface area contributed by atoms with Gasteiger partial charge in [-0.05, 0) is 18.2 Å². The Morgan fingerprint density at radius 1 is 1.07 bits per heavy atom. The molecule has 0 spiro atoms. The number of halogens is 3. The maximum Gasteiger partial charge on any atom is 0.416 e. The van der Waals surface area contributed by atoms with E-state index >= 15 is 0 Å². The highest BCUT2D eigenvalue weighted by Crippen LogP contribution is 2.36. The minimum absolute atomic E-state index is 0.0139. The molecule has 0 saturated carbocycles. The molecule has 11 heteroatoms. The molecule has 0 radical (unpaired) electrons. The van der Waals surface area contributed by atoms with E-state index in [4.69, 9.17) is 4.74 Å². The minimum Gasteiger partial charge on any atom is -0.378 e. The minimum atomic E-state index is -4.54. The molecular formula is C16H20F3N3O4S. The summed E-state index contributed by atoms with van der Waals surface area (Å²) < 4.78 is 67.5. The number of nitrogens with zero attached hydrogens (tertiary/aromatic N) is 2. The summed E-state index contributed by atoms with van der Waals surface area (Å²) in [6, 6.07) is 2.61. The SMILES string of the molecule is O=C(Nc1cc(C(F)(F)F)ccc1N1CCOCC1)N1CCS(=O)(=O)CC1. The number of sulfone groups is 1. The van der Waals surface area contributed by atoms with Crippen molar-refractivity contribution in [1.82, 2.24) is 4.90 Å². The second-order valence-corrected chi connectivity index (χ2v) is 8.70. The lowest BCUT2D eigenvalue weighted by atomic mass is 10.1. The average Bonchev–Trinajstić information content (AvgIpc) is 2.61. The highest BCUT2D eigenvalue weighted by molar-refractivity contribution is 7.91. The Morgan fingerprint density at radius 2 is 1.70 bits per heavy atom. The van der Waals surface area contributed by atoms with Gasteiger partial charge in [0.05, 0.1) is 41.7 Å². The number of amides is 2. The number of carbonyl (C=O) groups is 1. The van der Waals surface area contributed by atoms with E-state index in [-0.39, 0.29) is 30.3 Å². The van der Waals surface area contributed by atoms with E-state index in [2.05, 4.69) is 5.32 Å². The van der Waals surface area contributed by atoms with Crippen LogP contribution in [-0.2, 0) is 20.8 Å². The molecule has 0 atom stereocenters. The molecule has 0 aliphatic carbocycles. The quantitative estimate of drug-likeness (QED) is 0.809. The zero-order valence-corrected chi connectivity index (χ0v) is 15.3. The van der Waals surface area contributed by atoms with Crippen LogP contribution in [0, 0.1) is 0 Å². The fourth-order valence-corrected chi connectivity index (χ4v) is 4.20. The van der Waals surface area contributed by atoms with E-state index < -0.39 is 27.6 Å². The highest BCUT2D eigenvalue weighted by Gasteiger charge is 2.32. The summed E-state index contributed by atoms with van der Waals surface area (Å²) in [4.78, 5) is 15.6. The van der Waals surface area contributed by atoms with E-state index in [0.717, 1.165) is 12.1 Å². The summed E-state index contributed by atoms with van der Waals surface area (Å²) in [6.07, 6.45) is -4.54. The summed E-state index contributed by atoms with van der Waals surface area (Å²) in [5.41, 5.74) is -0.342. The van der Waals surface area contributed by atoms with Gasteiger partial charge in [0.2, 0.25) is 0 Å². The van der Waals surface area contributed by atoms with Crippen LogP contribution in [0.25, 0.3) is 0 Å². The molecule has 3 rings (SSSR count). The maximum atomic E-state index is 13.1. The van der Waals surface area contributed by atoms with Crippen molar-refractivity contribution in [1.29, 1.82) is 0 Å². The van der Waals surface area contributed by atoms with Crippen molar-refractivity contribution < 1.29 is 31.1 Å². The zero-order valence-electron chi connectivity index (χ0n) is 14.5. The molecule has 1 aromatic carbocycles. The van der Waals surface area contributed by atoms with Crippen LogP contribution in [0.2, 0.25) is 0 Å². The molecule has 7 nitrogen and oxygen atoms in total. The molecule has 0 aromatic heterocycles. The molecule has 0 unspecified atom stereocenters. The summed E-state index contributed by atoms with van der Waals surface area (Å²) >= 11 is 0. The van der Waals surface area contributed by atoms with Crippen LogP contribution in [-0.4, -0.2) is 70.2 Å². The molecule has 2 amide bonds. The maximum absolute atomic E-state index is 13.1. The van der Waals surface area contributed by atoms with Gasteiger partial charge in [0, 0.05) is 26.2 Å². The zero-order chi connectivity index (χ0) is 19.7. The van der Waals surface area contributed by atoms with Crippen LogP contribution in [0.4, 0.5) is 29.3 Å². The van der Waals surface area contributed by atoms with Crippen LogP contribution >= 0.6 is 0 Å². The first kappa shape index (κ1) is 19.7. The van der Waals surface area contributed by atoms with Crippen molar-refractivity contribution >= 4 is 27.2 Å². The molecule has 1 N–H and O–H groups in total.